The minimum atomic E-state index is -4.40. The molecule has 0 bridgehead atoms. The van der Waals surface area contributed by atoms with E-state index in [1.807, 2.05) is 0 Å². The number of imidazole rings is 1. The van der Waals surface area contributed by atoms with Gasteiger partial charge in [-0.2, -0.15) is 0 Å². The Hall–Kier alpha value is -1.65. The number of aliphatic hydroxyl groups is 1. The molecule has 122 valence electrons. The predicted octanol–water partition coefficient (Wildman–Crippen LogP) is 0.0791. The molecule has 0 saturated carbocycles. The summed E-state index contributed by atoms with van der Waals surface area (Å²) in [6.45, 7) is 0. The SMILES string of the molecule is O=P(O)(O)c1cn2cc(CCC(O)c3nnn[nH]3)c(Br)cc2n1. The Morgan fingerprint density at radius 2 is 2.17 bits per heavy atom. The van der Waals surface area contributed by atoms with Crippen LogP contribution in [0.3, 0.4) is 0 Å². The van der Waals surface area contributed by atoms with Crippen LogP contribution in [0.2, 0.25) is 0 Å². The smallest absolute Gasteiger partial charge is 0.376 e. The Bertz CT molecular complexity index is 876. The molecule has 23 heavy (non-hydrogen) atoms. The van der Waals surface area contributed by atoms with E-state index in [1.165, 1.54) is 10.6 Å². The minimum Gasteiger partial charge on any atom is -0.385 e. The second kappa shape index (κ2) is 6.10. The van der Waals surface area contributed by atoms with Gasteiger partial charge in [-0.25, -0.2) is 10.1 Å². The Morgan fingerprint density at radius 3 is 2.83 bits per heavy atom. The van der Waals surface area contributed by atoms with Gasteiger partial charge >= 0.3 is 7.60 Å². The fourth-order valence-electron chi connectivity index (χ4n) is 2.10. The number of H-pyrrole nitrogens is 1. The zero-order valence-corrected chi connectivity index (χ0v) is 14.0. The summed E-state index contributed by atoms with van der Waals surface area (Å²) >= 11 is 3.40. The predicted molar refractivity (Wildman–Crippen MR) is 82.0 cm³/mol. The number of aromatic amines is 1. The summed E-state index contributed by atoms with van der Waals surface area (Å²) in [7, 11) is -4.40. The maximum absolute atomic E-state index is 11.3. The number of rotatable bonds is 5. The Morgan fingerprint density at radius 1 is 1.39 bits per heavy atom. The van der Waals surface area contributed by atoms with Crippen LogP contribution in [0.1, 0.15) is 23.9 Å². The van der Waals surface area contributed by atoms with Crippen molar-refractivity contribution in [2.24, 2.45) is 0 Å². The molecule has 3 heterocycles. The summed E-state index contributed by atoms with van der Waals surface area (Å²) in [5, 5.41) is 22.9. The van der Waals surface area contributed by atoms with Gasteiger partial charge in [-0.05, 0) is 34.9 Å². The van der Waals surface area contributed by atoms with Gasteiger partial charge in [0.15, 0.2) is 11.3 Å². The lowest BCUT2D eigenvalue weighted by atomic mass is 10.1. The highest BCUT2D eigenvalue weighted by Crippen LogP contribution is 2.33. The monoisotopic (exact) mass is 402 g/mol. The van der Waals surface area contributed by atoms with Crippen molar-refractivity contribution in [1.29, 1.82) is 0 Å². The maximum Gasteiger partial charge on any atom is 0.376 e. The highest BCUT2D eigenvalue weighted by atomic mass is 79.9. The molecule has 0 aliphatic heterocycles. The molecule has 10 nitrogen and oxygen atoms in total. The molecule has 0 aliphatic carbocycles. The first-order chi connectivity index (χ1) is 10.8. The van der Waals surface area contributed by atoms with Gasteiger partial charge in [-0.3, -0.25) is 4.57 Å². The van der Waals surface area contributed by atoms with E-state index in [4.69, 9.17) is 0 Å². The molecule has 3 rings (SSSR count). The molecule has 12 heteroatoms. The number of nitrogens with one attached hydrogen (secondary N) is 1. The number of aryl methyl sites for hydroxylation is 1. The van der Waals surface area contributed by atoms with E-state index in [0.29, 0.717) is 18.5 Å². The van der Waals surface area contributed by atoms with Crippen LogP contribution >= 0.6 is 23.5 Å². The molecule has 0 aliphatic rings. The molecule has 0 spiro atoms. The first-order valence-corrected chi connectivity index (χ1v) is 8.90. The van der Waals surface area contributed by atoms with Crippen LogP contribution < -0.4 is 5.44 Å². The molecule has 3 aromatic heterocycles. The molecule has 0 aromatic carbocycles. The van der Waals surface area contributed by atoms with E-state index in [-0.39, 0.29) is 11.3 Å². The Balaban J connectivity index is 1.83. The summed E-state index contributed by atoms with van der Waals surface area (Å²) in [6, 6.07) is 1.66. The molecule has 1 atom stereocenters. The molecule has 1 unspecified atom stereocenters. The average Bonchev–Trinajstić information content (AvgIpc) is 3.12. The minimum absolute atomic E-state index is 0.283. The molecule has 0 radical (unpaired) electrons. The molecule has 4 N–H and O–H groups in total. The van der Waals surface area contributed by atoms with Crippen molar-refractivity contribution >= 4 is 34.6 Å². The number of aromatic nitrogens is 6. The quantitative estimate of drug-likeness (QED) is 0.438. The summed E-state index contributed by atoms with van der Waals surface area (Å²) in [4.78, 5) is 22.3. The van der Waals surface area contributed by atoms with Crippen molar-refractivity contribution in [3.63, 3.8) is 0 Å². The van der Waals surface area contributed by atoms with Crippen LogP contribution in [0.15, 0.2) is 22.9 Å². The van der Waals surface area contributed by atoms with E-state index in [1.54, 1.807) is 12.3 Å². The van der Waals surface area contributed by atoms with Crippen LogP contribution in [0.4, 0.5) is 0 Å². The second-order valence-corrected chi connectivity index (χ2v) is 7.30. The third-order valence-electron chi connectivity index (χ3n) is 3.27. The summed E-state index contributed by atoms with van der Waals surface area (Å²) in [5.74, 6) is 0.286. The van der Waals surface area contributed by atoms with Crippen molar-refractivity contribution in [2.75, 3.05) is 0 Å². The average molecular weight is 403 g/mol. The van der Waals surface area contributed by atoms with Gasteiger partial charge in [0, 0.05) is 16.9 Å². The first kappa shape index (κ1) is 16.2. The van der Waals surface area contributed by atoms with E-state index in [9.17, 15) is 19.5 Å². The number of aliphatic hydroxyl groups excluding tert-OH is 1. The molecule has 0 saturated heterocycles. The van der Waals surface area contributed by atoms with Crippen molar-refractivity contribution < 1.29 is 19.5 Å². The summed E-state index contributed by atoms with van der Waals surface area (Å²) in [6.07, 6.45) is 3.05. The van der Waals surface area contributed by atoms with Crippen LogP contribution in [0, 0.1) is 0 Å². The van der Waals surface area contributed by atoms with Crippen molar-refractivity contribution in [3.8, 4) is 0 Å². The molecule has 3 aromatic rings. The number of pyridine rings is 1. The van der Waals surface area contributed by atoms with Gasteiger partial charge in [0.25, 0.3) is 0 Å². The van der Waals surface area contributed by atoms with E-state index < -0.39 is 13.7 Å². The van der Waals surface area contributed by atoms with E-state index >= 15 is 0 Å². The van der Waals surface area contributed by atoms with Gasteiger partial charge in [0.05, 0.1) is 0 Å². The molecule has 0 fully saturated rings. The van der Waals surface area contributed by atoms with Crippen molar-refractivity contribution in [1.82, 2.24) is 30.0 Å². The highest BCUT2D eigenvalue weighted by molar-refractivity contribution is 9.10. The second-order valence-electron chi connectivity index (χ2n) is 4.90. The standard InChI is InChI=1S/C11H12BrN6O4P/c12-7-3-9-13-10(23(20,21)22)5-18(9)4-6(7)1-2-8(19)11-14-16-17-15-11/h3-5,8,19H,1-2H2,(H2,20,21,22)(H,14,15,16,17). The highest BCUT2D eigenvalue weighted by Gasteiger charge is 2.22. The fourth-order valence-corrected chi connectivity index (χ4v) is 3.11. The number of tetrazole rings is 1. The molecule has 0 amide bonds. The summed E-state index contributed by atoms with van der Waals surface area (Å²) < 4.78 is 13.5. The van der Waals surface area contributed by atoms with E-state index in [2.05, 4.69) is 41.5 Å². The first-order valence-electron chi connectivity index (χ1n) is 6.49. The largest absolute Gasteiger partial charge is 0.385 e. The lowest BCUT2D eigenvalue weighted by Gasteiger charge is -2.08. The van der Waals surface area contributed by atoms with Gasteiger partial charge in [-0.1, -0.05) is 15.9 Å². The molecular weight excluding hydrogens is 391 g/mol. The van der Waals surface area contributed by atoms with Gasteiger partial charge in [0.2, 0.25) is 0 Å². The van der Waals surface area contributed by atoms with Crippen LogP contribution in [0.5, 0.6) is 0 Å². The topological polar surface area (TPSA) is 150 Å². The number of halogens is 1. The van der Waals surface area contributed by atoms with Crippen molar-refractivity contribution in [3.05, 3.63) is 34.3 Å². The lowest BCUT2D eigenvalue weighted by Crippen LogP contribution is -2.03. The Labute approximate surface area is 137 Å². The van der Waals surface area contributed by atoms with Crippen molar-refractivity contribution in [2.45, 2.75) is 18.9 Å². The third-order valence-corrected chi connectivity index (χ3v) is 4.82. The number of fused-ring (bicyclic) bond motifs is 1. The van der Waals surface area contributed by atoms with Gasteiger partial charge in [0.1, 0.15) is 11.8 Å². The fraction of sp³-hybridized carbons (Fsp3) is 0.273. The van der Waals surface area contributed by atoms with Crippen LogP contribution in [-0.4, -0.2) is 44.9 Å². The van der Waals surface area contributed by atoms with Crippen LogP contribution in [-0.2, 0) is 11.0 Å². The summed E-state index contributed by atoms with van der Waals surface area (Å²) in [5.41, 5.74) is 0.979. The number of hydrogen-bond acceptors (Lipinski definition) is 6. The van der Waals surface area contributed by atoms with Gasteiger partial charge in [-0.15, -0.1) is 5.10 Å². The van der Waals surface area contributed by atoms with Crippen LogP contribution in [0.25, 0.3) is 5.65 Å². The number of nitrogens with zero attached hydrogens (tertiary/aromatic N) is 5. The molecular formula is C11H12BrN6O4P. The zero-order valence-electron chi connectivity index (χ0n) is 11.5. The van der Waals surface area contributed by atoms with E-state index in [0.717, 1.165) is 10.0 Å². The Kier molecular flexibility index (Phi) is 4.30. The normalized spacial score (nSPS) is 13.6. The van der Waals surface area contributed by atoms with Gasteiger partial charge < -0.3 is 19.3 Å². The number of hydrogen-bond donors (Lipinski definition) is 4. The lowest BCUT2D eigenvalue weighted by molar-refractivity contribution is 0.158. The zero-order chi connectivity index (χ0) is 16.6. The maximum atomic E-state index is 11.3. The third kappa shape index (κ3) is 3.48.